The van der Waals surface area contributed by atoms with E-state index in [0.29, 0.717) is 35.2 Å². The maximum absolute atomic E-state index is 13.1. The van der Waals surface area contributed by atoms with Crippen molar-refractivity contribution in [2.45, 2.75) is 20.3 Å². The molecule has 3 heterocycles. The van der Waals surface area contributed by atoms with Gasteiger partial charge in [-0.1, -0.05) is 6.92 Å². The predicted molar refractivity (Wildman–Crippen MR) is 114 cm³/mol. The molecule has 0 aliphatic carbocycles. The molecule has 0 aromatic carbocycles. The first-order valence-electron chi connectivity index (χ1n) is 9.88. The Labute approximate surface area is 171 Å². The number of pyridine rings is 2. The van der Waals surface area contributed by atoms with Gasteiger partial charge in [-0.05, 0) is 44.6 Å². The van der Waals surface area contributed by atoms with Crippen LogP contribution >= 0.6 is 0 Å². The normalized spacial score (nSPS) is 16.6. The lowest BCUT2D eigenvalue weighted by Crippen LogP contribution is -2.38. The van der Waals surface area contributed by atoms with Gasteiger partial charge in [0.25, 0.3) is 0 Å². The summed E-state index contributed by atoms with van der Waals surface area (Å²) >= 11 is 0. The average Bonchev–Trinajstić information content (AvgIpc) is 3.24. The van der Waals surface area contributed by atoms with Crippen LogP contribution in [0.3, 0.4) is 0 Å². The molecule has 8 heteroatoms. The highest BCUT2D eigenvalue weighted by atomic mass is 16.5. The topological polar surface area (TPSA) is 108 Å². The fraction of sp³-hybridized carbons (Fsp3) is 0.429. The van der Waals surface area contributed by atoms with Crippen LogP contribution in [0.15, 0.2) is 30.5 Å². The summed E-state index contributed by atoms with van der Waals surface area (Å²) in [5.74, 6) is 1.03. The summed E-state index contributed by atoms with van der Waals surface area (Å²) in [5, 5.41) is 8.53. The molecule has 1 fully saturated rings. The Morgan fingerprint density at radius 2 is 2.14 bits per heavy atom. The van der Waals surface area contributed by atoms with E-state index in [1.807, 2.05) is 6.92 Å². The Kier molecular flexibility index (Phi) is 6.43. The average molecular weight is 396 g/mol. The van der Waals surface area contributed by atoms with Gasteiger partial charge in [-0.3, -0.25) is 15.1 Å². The highest BCUT2D eigenvalue weighted by molar-refractivity contribution is 6.12. The lowest BCUT2D eigenvalue weighted by Gasteiger charge is -2.24. The van der Waals surface area contributed by atoms with Crippen molar-refractivity contribution in [2.24, 2.45) is 5.92 Å². The van der Waals surface area contributed by atoms with Crippen molar-refractivity contribution in [3.8, 4) is 5.88 Å². The summed E-state index contributed by atoms with van der Waals surface area (Å²) < 4.78 is 5.06. The number of carbonyl (C=O) groups is 1. The van der Waals surface area contributed by atoms with Crippen LogP contribution < -0.4 is 15.4 Å². The van der Waals surface area contributed by atoms with Crippen molar-refractivity contribution in [1.29, 1.82) is 5.41 Å². The molecule has 0 saturated carbocycles. The number of methoxy groups -OCH3 is 1. The Balaban J connectivity index is 1.86. The number of nitrogens with one attached hydrogen (secondary N) is 1. The summed E-state index contributed by atoms with van der Waals surface area (Å²) in [6, 6.07) is 6.87. The van der Waals surface area contributed by atoms with Crippen molar-refractivity contribution in [2.75, 3.05) is 43.9 Å². The van der Waals surface area contributed by atoms with Crippen molar-refractivity contribution in [1.82, 2.24) is 14.9 Å². The van der Waals surface area contributed by atoms with Gasteiger partial charge in [-0.2, -0.15) is 0 Å². The van der Waals surface area contributed by atoms with Crippen molar-refractivity contribution < 1.29 is 9.53 Å². The van der Waals surface area contributed by atoms with E-state index in [1.54, 1.807) is 35.4 Å². The number of aromatic nitrogens is 2. The number of amides is 1. The predicted octanol–water partition coefficient (Wildman–Crippen LogP) is 2.18. The molecule has 3 rings (SSSR count). The molecule has 1 aliphatic rings. The molecule has 1 saturated heterocycles. The first kappa shape index (κ1) is 20.7. The minimum absolute atomic E-state index is 0.0251. The van der Waals surface area contributed by atoms with E-state index in [-0.39, 0.29) is 17.5 Å². The molecule has 0 radical (unpaired) electrons. The van der Waals surface area contributed by atoms with Crippen LogP contribution in [-0.2, 0) is 4.79 Å². The Morgan fingerprint density at radius 3 is 2.72 bits per heavy atom. The van der Waals surface area contributed by atoms with Crippen LogP contribution in [0.5, 0.6) is 5.88 Å². The van der Waals surface area contributed by atoms with Gasteiger partial charge >= 0.3 is 0 Å². The van der Waals surface area contributed by atoms with Crippen molar-refractivity contribution in [3.05, 3.63) is 41.7 Å². The van der Waals surface area contributed by atoms with E-state index < -0.39 is 0 Å². The summed E-state index contributed by atoms with van der Waals surface area (Å²) in [7, 11) is 1.54. The fourth-order valence-electron chi connectivity index (χ4n) is 3.57. The monoisotopic (exact) mass is 396 g/mol. The van der Waals surface area contributed by atoms with Crippen molar-refractivity contribution >= 4 is 23.1 Å². The van der Waals surface area contributed by atoms with E-state index in [0.717, 1.165) is 26.1 Å². The first-order chi connectivity index (χ1) is 14.0. The number of nitrogens with two attached hydrogens (primary N) is 1. The number of nitrogen functional groups attached to an aromatic ring is 1. The van der Waals surface area contributed by atoms with E-state index in [9.17, 15) is 4.79 Å². The van der Waals surface area contributed by atoms with Gasteiger partial charge < -0.3 is 15.4 Å². The van der Waals surface area contributed by atoms with Crippen molar-refractivity contribution in [3.63, 3.8) is 0 Å². The molecule has 154 valence electrons. The number of carbonyl (C=O) groups excluding carboxylic acids is 1. The number of nitrogens with zero attached hydrogens (tertiary/aromatic N) is 4. The Hall–Kier alpha value is -3.00. The smallest absolute Gasteiger partial charge is 0.232 e. The third-order valence-electron chi connectivity index (χ3n) is 5.31. The lowest BCUT2D eigenvalue weighted by molar-refractivity contribution is -0.122. The molecular weight excluding hydrogens is 368 g/mol. The highest BCUT2D eigenvalue weighted by Crippen LogP contribution is 2.24. The molecule has 2 aromatic rings. The molecule has 1 unspecified atom stereocenters. The standard InChI is InChI=1S/C21H28N6O2/c1-4-26-11-10-15(13-26)21(28)27(5-2)17-8-7-16(22)20(25-17)19(23)14-6-9-18(29-3)24-12-14/h6-9,12,15,23H,4-5,10-11,13,22H2,1-3H3. The molecule has 2 aromatic heterocycles. The van der Waals surface area contributed by atoms with Gasteiger partial charge in [0, 0.05) is 30.9 Å². The molecule has 0 bridgehead atoms. The summed E-state index contributed by atoms with van der Waals surface area (Å²) in [4.78, 5) is 25.8. The van der Waals surface area contributed by atoms with Gasteiger partial charge in [0.15, 0.2) is 0 Å². The number of ether oxygens (including phenoxy) is 1. The maximum Gasteiger partial charge on any atom is 0.232 e. The minimum Gasteiger partial charge on any atom is -0.481 e. The second kappa shape index (κ2) is 9.00. The number of hydrogen-bond acceptors (Lipinski definition) is 7. The number of hydrogen-bond donors (Lipinski definition) is 2. The SMILES string of the molecule is CCN1CCC(C(=O)N(CC)c2ccc(N)c(C(=N)c3ccc(OC)nc3)n2)C1. The second-order valence-electron chi connectivity index (χ2n) is 7.03. The molecular formula is C21H28N6O2. The van der Waals surface area contributed by atoms with Crippen LogP contribution in [0.25, 0.3) is 0 Å². The molecule has 29 heavy (non-hydrogen) atoms. The molecule has 0 spiro atoms. The number of rotatable bonds is 7. The zero-order chi connectivity index (χ0) is 21.0. The third-order valence-corrected chi connectivity index (χ3v) is 5.31. The second-order valence-corrected chi connectivity index (χ2v) is 7.03. The molecule has 1 aliphatic heterocycles. The third kappa shape index (κ3) is 4.37. The largest absolute Gasteiger partial charge is 0.481 e. The van der Waals surface area contributed by atoms with E-state index in [2.05, 4.69) is 21.8 Å². The molecule has 8 nitrogen and oxygen atoms in total. The maximum atomic E-state index is 13.1. The summed E-state index contributed by atoms with van der Waals surface area (Å²) in [6.07, 6.45) is 2.41. The van der Waals surface area contributed by atoms with E-state index in [1.165, 1.54) is 7.11 Å². The number of likely N-dealkylation sites (tertiary alicyclic amines) is 1. The zero-order valence-corrected chi connectivity index (χ0v) is 17.2. The van der Waals surface area contributed by atoms with Gasteiger partial charge in [-0.25, -0.2) is 9.97 Å². The zero-order valence-electron chi connectivity index (χ0n) is 17.2. The van der Waals surface area contributed by atoms with Crippen LogP contribution in [0.1, 0.15) is 31.5 Å². The van der Waals surface area contributed by atoms with Gasteiger partial charge in [0.2, 0.25) is 11.8 Å². The number of anilines is 2. The quantitative estimate of drug-likeness (QED) is 0.695. The van der Waals surface area contributed by atoms with Crippen LogP contribution in [0.2, 0.25) is 0 Å². The van der Waals surface area contributed by atoms with Crippen LogP contribution in [0, 0.1) is 11.3 Å². The van der Waals surface area contributed by atoms with Gasteiger partial charge in [-0.15, -0.1) is 0 Å². The molecule has 3 N–H and O–H groups in total. The minimum atomic E-state index is -0.0251. The van der Waals surface area contributed by atoms with E-state index >= 15 is 0 Å². The molecule has 1 amide bonds. The van der Waals surface area contributed by atoms with E-state index in [4.69, 9.17) is 15.9 Å². The fourth-order valence-corrected chi connectivity index (χ4v) is 3.57. The lowest BCUT2D eigenvalue weighted by atomic mass is 10.1. The van der Waals surface area contributed by atoms with Gasteiger partial charge in [0.1, 0.15) is 11.5 Å². The molecule has 1 atom stereocenters. The Bertz CT molecular complexity index is 883. The summed E-state index contributed by atoms with van der Waals surface area (Å²) in [5.41, 5.74) is 7.55. The summed E-state index contributed by atoms with van der Waals surface area (Å²) in [6.45, 7) is 7.22. The van der Waals surface area contributed by atoms with Gasteiger partial charge in [0.05, 0.1) is 24.4 Å². The Morgan fingerprint density at radius 1 is 1.34 bits per heavy atom. The highest BCUT2D eigenvalue weighted by Gasteiger charge is 2.31. The van der Waals surface area contributed by atoms with Crippen LogP contribution in [0.4, 0.5) is 11.5 Å². The first-order valence-corrected chi connectivity index (χ1v) is 9.88. The van der Waals surface area contributed by atoms with Crippen LogP contribution in [-0.4, -0.2) is 59.8 Å².